The van der Waals surface area contributed by atoms with Gasteiger partial charge in [-0.25, -0.2) is 0 Å². The lowest BCUT2D eigenvalue weighted by Crippen LogP contribution is -2.17. The molecule has 0 fully saturated rings. The second-order valence-electron chi connectivity index (χ2n) is 4.48. The average molecular weight is 245 g/mol. The van der Waals surface area contributed by atoms with Gasteiger partial charge in [-0.1, -0.05) is 52.9 Å². The Labute approximate surface area is 107 Å². The number of esters is 1. The quantitative estimate of drug-likeness (QED) is 0.455. The first-order valence-corrected chi connectivity index (χ1v) is 6.92. The number of rotatable bonds is 10. The van der Waals surface area contributed by atoms with Crippen molar-refractivity contribution in [2.45, 2.75) is 72.1 Å². The van der Waals surface area contributed by atoms with Crippen LogP contribution in [-0.4, -0.2) is 12.6 Å². The van der Waals surface area contributed by atoms with Gasteiger partial charge in [0.15, 0.2) is 0 Å². The molecule has 0 bridgehead atoms. The molecule has 0 spiro atoms. The standard InChI is InChI=1S/C14H28O2.H3N/c1-4-7-9-10-12-16-14(15)13(6-3)11-8-5-2;/h13H,4-12H2,1-3H3;1H3. The molecule has 3 N–H and O–H groups in total. The molecule has 0 rings (SSSR count). The average Bonchev–Trinajstić information content (AvgIpc) is 2.30. The minimum absolute atomic E-state index is 0. The van der Waals surface area contributed by atoms with E-state index in [0.717, 1.165) is 32.1 Å². The lowest BCUT2D eigenvalue weighted by Gasteiger charge is -2.13. The molecule has 0 amide bonds. The Kier molecular flexibility index (Phi) is 14.9. The summed E-state index contributed by atoms with van der Waals surface area (Å²) in [6.45, 7) is 7.02. The minimum atomic E-state index is 0. The fourth-order valence-corrected chi connectivity index (χ4v) is 1.76. The molecule has 3 heteroatoms. The maximum atomic E-state index is 11.7. The van der Waals surface area contributed by atoms with E-state index in [4.69, 9.17) is 4.74 Å². The van der Waals surface area contributed by atoms with Gasteiger partial charge < -0.3 is 10.9 Å². The van der Waals surface area contributed by atoms with Crippen LogP contribution in [0.5, 0.6) is 0 Å². The zero-order valence-electron chi connectivity index (χ0n) is 12.0. The summed E-state index contributed by atoms with van der Waals surface area (Å²) in [5.74, 6) is 0.151. The molecular formula is C14H31NO2. The number of carbonyl (C=O) groups excluding carboxylic acids is 1. The van der Waals surface area contributed by atoms with Crippen molar-refractivity contribution in [1.29, 1.82) is 0 Å². The molecule has 1 atom stereocenters. The maximum Gasteiger partial charge on any atom is 0.308 e. The number of carbonyl (C=O) groups is 1. The van der Waals surface area contributed by atoms with Gasteiger partial charge >= 0.3 is 5.97 Å². The van der Waals surface area contributed by atoms with Gasteiger partial charge in [0.05, 0.1) is 12.5 Å². The number of ether oxygens (including phenoxy) is 1. The molecule has 0 aromatic rings. The molecule has 0 aliphatic carbocycles. The van der Waals surface area contributed by atoms with Crippen molar-refractivity contribution in [2.75, 3.05) is 6.61 Å². The van der Waals surface area contributed by atoms with Crippen molar-refractivity contribution in [3.8, 4) is 0 Å². The van der Waals surface area contributed by atoms with Gasteiger partial charge in [-0.2, -0.15) is 0 Å². The second-order valence-corrected chi connectivity index (χ2v) is 4.48. The molecule has 0 heterocycles. The van der Waals surface area contributed by atoms with Crippen LogP contribution in [0.15, 0.2) is 0 Å². The third kappa shape index (κ3) is 10.3. The van der Waals surface area contributed by atoms with E-state index in [1.807, 2.05) is 0 Å². The monoisotopic (exact) mass is 245 g/mol. The highest BCUT2D eigenvalue weighted by Crippen LogP contribution is 2.14. The predicted molar refractivity (Wildman–Crippen MR) is 73.4 cm³/mol. The number of unbranched alkanes of at least 4 members (excludes halogenated alkanes) is 4. The van der Waals surface area contributed by atoms with E-state index in [-0.39, 0.29) is 18.0 Å². The molecule has 17 heavy (non-hydrogen) atoms. The van der Waals surface area contributed by atoms with Crippen molar-refractivity contribution < 1.29 is 9.53 Å². The Hall–Kier alpha value is -0.570. The maximum absolute atomic E-state index is 11.7. The molecule has 3 nitrogen and oxygen atoms in total. The minimum Gasteiger partial charge on any atom is -0.465 e. The van der Waals surface area contributed by atoms with Gasteiger partial charge in [0.25, 0.3) is 0 Å². The fraction of sp³-hybridized carbons (Fsp3) is 0.929. The van der Waals surface area contributed by atoms with Crippen LogP contribution in [0.2, 0.25) is 0 Å². The zero-order valence-corrected chi connectivity index (χ0v) is 12.0. The summed E-state index contributed by atoms with van der Waals surface area (Å²) in [6.07, 6.45) is 8.84. The topological polar surface area (TPSA) is 61.3 Å². The Balaban J connectivity index is 0. The van der Waals surface area contributed by atoms with Crippen LogP contribution < -0.4 is 6.15 Å². The third-order valence-electron chi connectivity index (χ3n) is 2.97. The molecular weight excluding hydrogens is 214 g/mol. The van der Waals surface area contributed by atoms with E-state index in [0.29, 0.717) is 6.61 Å². The van der Waals surface area contributed by atoms with Crippen LogP contribution >= 0.6 is 0 Å². The van der Waals surface area contributed by atoms with E-state index in [1.54, 1.807) is 0 Å². The SMILES string of the molecule is CCCCCCOC(=O)C(CC)CCCC.N. The third-order valence-corrected chi connectivity index (χ3v) is 2.97. The first kappa shape index (κ1) is 18.8. The summed E-state index contributed by atoms with van der Waals surface area (Å²) >= 11 is 0. The molecule has 0 aromatic heterocycles. The highest BCUT2D eigenvalue weighted by molar-refractivity contribution is 5.72. The van der Waals surface area contributed by atoms with Crippen LogP contribution in [-0.2, 0) is 9.53 Å². The summed E-state index contributed by atoms with van der Waals surface area (Å²) < 4.78 is 5.30. The fourth-order valence-electron chi connectivity index (χ4n) is 1.76. The molecule has 0 saturated carbocycles. The lowest BCUT2D eigenvalue weighted by molar-refractivity contribution is -0.149. The Morgan fingerprint density at radius 1 is 1.00 bits per heavy atom. The Morgan fingerprint density at radius 3 is 2.18 bits per heavy atom. The highest BCUT2D eigenvalue weighted by atomic mass is 16.5. The summed E-state index contributed by atoms with van der Waals surface area (Å²) in [7, 11) is 0. The van der Waals surface area contributed by atoms with Crippen LogP contribution in [0.25, 0.3) is 0 Å². The van der Waals surface area contributed by atoms with Crippen LogP contribution in [0.3, 0.4) is 0 Å². The number of hydrogen-bond donors (Lipinski definition) is 1. The van der Waals surface area contributed by atoms with Gasteiger partial charge in [-0.05, 0) is 19.3 Å². The molecule has 1 unspecified atom stereocenters. The molecule has 0 aliphatic heterocycles. The van der Waals surface area contributed by atoms with Gasteiger partial charge in [0.2, 0.25) is 0 Å². The molecule has 0 aromatic carbocycles. The summed E-state index contributed by atoms with van der Waals surface area (Å²) in [5.41, 5.74) is 0. The van der Waals surface area contributed by atoms with Gasteiger partial charge in [0, 0.05) is 0 Å². The van der Waals surface area contributed by atoms with Gasteiger partial charge in [-0.3, -0.25) is 4.79 Å². The number of hydrogen-bond acceptors (Lipinski definition) is 3. The first-order chi connectivity index (χ1) is 7.76. The van der Waals surface area contributed by atoms with E-state index in [2.05, 4.69) is 20.8 Å². The van der Waals surface area contributed by atoms with E-state index in [1.165, 1.54) is 19.3 Å². The van der Waals surface area contributed by atoms with E-state index < -0.39 is 0 Å². The van der Waals surface area contributed by atoms with Gasteiger partial charge in [0.1, 0.15) is 0 Å². The summed E-state index contributed by atoms with van der Waals surface area (Å²) in [6, 6.07) is 0. The highest BCUT2D eigenvalue weighted by Gasteiger charge is 2.16. The van der Waals surface area contributed by atoms with Crippen LogP contribution in [0, 0.1) is 5.92 Å². The van der Waals surface area contributed by atoms with Crippen molar-refractivity contribution in [2.24, 2.45) is 5.92 Å². The second kappa shape index (κ2) is 13.5. The van der Waals surface area contributed by atoms with Crippen molar-refractivity contribution >= 4 is 5.97 Å². The van der Waals surface area contributed by atoms with Crippen molar-refractivity contribution in [3.05, 3.63) is 0 Å². The Bertz CT molecular complexity index is 172. The normalized spacial score (nSPS) is 11.7. The van der Waals surface area contributed by atoms with Gasteiger partial charge in [-0.15, -0.1) is 0 Å². The first-order valence-electron chi connectivity index (χ1n) is 6.92. The molecule has 0 radical (unpaired) electrons. The molecule has 104 valence electrons. The lowest BCUT2D eigenvalue weighted by atomic mass is 10.00. The predicted octanol–water partition coefficient (Wildman–Crippen LogP) is 4.49. The van der Waals surface area contributed by atoms with Crippen LogP contribution in [0.1, 0.15) is 72.1 Å². The van der Waals surface area contributed by atoms with Crippen molar-refractivity contribution in [3.63, 3.8) is 0 Å². The largest absolute Gasteiger partial charge is 0.465 e. The molecule has 0 saturated heterocycles. The van der Waals surface area contributed by atoms with Crippen LogP contribution in [0.4, 0.5) is 0 Å². The molecule has 0 aliphatic rings. The Morgan fingerprint density at radius 2 is 1.65 bits per heavy atom. The van der Waals surface area contributed by atoms with E-state index >= 15 is 0 Å². The van der Waals surface area contributed by atoms with Crippen molar-refractivity contribution in [1.82, 2.24) is 6.15 Å². The smallest absolute Gasteiger partial charge is 0.308 e. The van der Waals surface area contributed by atoms with E-state index in [9.17, 15) is 4.79 Å². The zero-order chi connectivity index (χ0) is 12.2. The summed E-state index contributed by atoms with van der Waals surface area (Å²) in [5, 5.41) is 0. The summed E-state index contributed by atoms with van der Waals surface area (Å²) in [4.78, 5) is 11.7.